The van der Waals surface area contributed by atoms with E-state index in [1.165, 1.54) is 47.2 Å². The highest BCUT2D eigenvalue weighted by molar-refractivity contribution is 5.98. The van der Waals surface area contributed by atoms with Gasteiger partial charge in [-0.3, -0.25) is 29.1 Å². The minimum absolute atomic E-state index is 0.00120. The van der Waals surface area contributed by atoms with Crippen LogP contribution in [-0.2, 0) is 71.0 Å². The number of fused-ring (bicyclic) bond motifs is 7. The third kappa shape index (κ3) is 21.5. The van der Waals surface area contributed by atoms with Gasteiger partial charge in [-0.15, -0.1) is 0 Å². The molecule has 5 aromatic heterocycles. The van der Waals surface area contributed by atoms with Crippen LogP contribution in [-0.4, -0.2) is 297 Å². The van der Waals surface area contributed by atoms with Crippen LogP contribution in [0.1, 0.15) is 76.4 Å². The Balaban J connectivity index is 0.000000127. The molecule has 0 radical (unpaired) electrons. The molecule has 6 aromatic carbocycles. The summed E-state index contributed by atoms with van der Waals surface area (Å²) in [5, 5.41) is 40.6. The summed E-state index contributed by atoms with van der Waals surface area (Å²) < 4.78 is 12.4. The van der Waals surface area contributed by atoms with Gasteiger partial charge in [0.1, 0.15) is 53.5 Å². The number of nitrogens with one attached hydrogen (secondary N) is 1. The maximum atomic E-state index is 12.2. The first-order valence-electron chi connectivity index (χ1n) is 47.5. The SMILES string of the molecule is C=CC(=O)N1CCN(c2nc(OC(C)CNC)nc3c2CCN(c2cc(O)cc4ccccc24)C3)CC1.C=CC(=O)N1CCN(c2nc(OCC3CCCN(C)C3)nc3c2CCN(c2cc(O)cc4ccccc24)C3)CC1.C=CC(=O)N1CCN(c2ncnc3c2CCN(C(CO)c2ccccc2)C3)CC1.C=CC(=O)N1CCN(c2ncnc3c2CCN(c2cncc4ccccc24)C3)CC1. The van der Waals surface area contributed by atoms with Gasteiger partial charge in [0.25, 0.3) is 0 Å². The smallest absolute Gasteiger partial charge is 0.318 e. The third-order valence-electron chi connectivity index (χ3n) is 27.4. The molecule has 20 rings (SSSR count). The number of aromatic nitrogens is 9. The number of anilines is 7. The first-order chi connectivity index (χ1) is 66.4. The Morgan fingerprint density at radius 1 is 0.449 bits per heavy atom. The van der Waals surface area contributed by atoms with Crippen molar-refractivity contribution in [2.75, 3.05) is 212 Å². The van der Waals surface area contributed by atoms with Gasteiger partial charge in [0, 0.05) is 230 Å². The zero-order valence-corrected chi connectivity index (χ0v) is 78.2. The quantitative estimate of drug-likeness (QED) is 0.0486. The molecule has 136 heavy (non-hydrogen) atoms. The molecule has 0 saturated carbocycles. The Hall–Kier alpha value is -14.0. The highest BCUT2D eigenvalue weighted by Gasteiger charge is 2.36. The van der Waals surface area contributed by atoms with Gasteiger partial charge in [-0.25, -0.2) is 19.9 Å². The molecule has 3 atom stereocenters. The second-order valence-electron chi connectivity index (χ2n) is 36.0. The van der Waals surface area contributed by atoms with Crippen molar-refractivity contribution in [2.45, 2.75) is 83.8 Å². The largest absolute Gasteiger partial charge is 0.508 e. The topological polar surface area (TPSA) is 318 Å². The standard InChI is InChI=1S/C31H38N6O3.C28H34N6O3.C23H24N6O.C22H27N5O2/c1-3-29(39)35-13-15-36(16-14-35)30-26-10-12-37(28-18-24(38)17-23-8-4-5-9-25(23)28)20-27(26)32-31(33-30)40-21-22-7-6-11-34(2)19-22;1-4-26(36)32-11-13-33(14-12-32)27-23-9-10-34(18-24(23)30-28(31-27)37-19(2)17-29-3)25-16-21(35)15-20-7-5-6-8-22(20)25;1-2-22(30)27-9-11-28(12-10-27)23-19-7-8-29(15-20(19)25-16-26-23)21-14-24-13-17-5-3-4-6-18(17)21;1-2-21(29)25-10-12-26(13-11-25)22-18-8-9-27(14-19(18)23-16-24-22)20(15-28)17-6-4-3-5-7-17/h3-5,8-9,17-18,22,38H,1,6-7,10-16,19-21H2,2H3;4-8,15-16,19,29,35H,1,9-14,17-18H2,2-3H3;2-6,13-14,16H,1,7-12,15H2;2-7,16,20,28H,1,8-15H2. The number of hydrogen-bond donors (Lipinski definition) is 4. The summed E-state index contributed by atoms with van der Waals surface area (Å²) in [6.45, 7) is 37.0. The molecule has 5 saturated heterocycles. The van der Waals surface area contributed by atoms with Crippen LogP contribution >= 0.6 is 0 Å². The molecule has 32 nitrogen and oxygen atoms in total. The zero-order chi connectivity index (χ0) is 94.3. The molecular formula is C104H123N23O9. The Morgan fingerprint density at radius 3 is 1.33 bits per heavy atom. The van der Waals surface area contributed by atoms with Gasteiger partial charge in [0.05, 0.1) is 73.5 Å². The number of carbonyl (C=O) groups is 4. The van der Waals surface area contributed by atoms with Gasteiger partial charge < -0.3 is 88.9 Å². The number of piperazine rings is 4. The lowest BCUT2D eigenvalue weighted by atomic mass is 9.99. The number of carbonyl (C=O) groups excluding carboxylic acids is 4. The van der Waals surface area contributed by atoms with Crippen LogP contribution in [0.5, 0.6) is 23.5 Å². The molecule has 32 heteroatoms. The Bertz CT molecular complexity index is 6130. The summed E-state index contributed by atoms with van der Waals surface area (Å²) in [6, 6.07) is 42.8. The number of aliphatic hydroxyl groups is 1. The predicted molar refractivity (Wildman–Crippen MR) is 531 cm³/mol. The maximum Gasteiger partial charge on any atom is 0.318 e. The normalized spacial score (nSPS) is 17.9. The van der Waals surface area contributed by atoms with Crippen LogP contribution in [0.4, 0.5) is 40.3 Å². The molecule has 4 amide bonds. The van der Waals surface area contributed by atoms with Gasteiger partial charge in [-0.1, -0.05) is 129 Å². The maximum absolute atomic E-state index is 12.2. The van der Waals surface area contributed by atoms with Crippen molar-refractivity contribution in [3.05, 3.63) is 254 Å². The molecule has 9 aliphatic rings. The van der Waals surface area contributed by atoms with E-state index in [-0.39, 0.29) is 53.9 Å². The fourth-order valence-electron chi connectivity index (χ4n) is 20.3. The molecule has 0 bridgehead atoms. The van der Waals surface area contributed by atoms with Crippen LogP contribution in [0.25, 0.3) is 32.3 Å². The van der Waals surface area contributed by atoms with Crippen LogP contribution < -0.4 is 49.1 Å². The zero-order valence-electron chi connectivity index (χ0n) is 78.2. The Morgan fingerprint density at radius 2 is 0.860 bits per heavy atom. The van der Waals surface area contributed by atoms with E-state index in [2.05, 4.69) is 150 Å². The summed E-state index contributed by atoms with van der Waals surface area (Å²) in [6.07, 6.45) is 18.2. The van der Waals surface area contributed by atoms with Crippen LogP contribution in [0.2, 0.25) is 0 Å². The fourth-order valence-corrected chi connectivity index (χ4v) is 20.3. The lowest BCUT2D eigenvalue weighted by molar-refractivity contribution is -0.127. The van der Waals surface area contributed by atoms with Gasteiger partial charge in [-0.2, -0.15) is 19.9 Å². The van der Waals surface area contributed by atoms with E-state index in [1.807, 2.05) is 125 Å². The minimum atomic E-state index is -0.0901. The van der Waals surface area contributed by atoms with E-state index in [4.69, 9.17) is 29.4 Å². The molecule has 5 fully saturated rings. The number of likely N-dealkylation sites (N-methyl/N-ethyl adjacent to an activating group) is 1. The number of phenols is 2. The number of likely N-dealkylation sites (tertiary alicyclic amines) is 1. The average molecular weight is 1840 g/mol. The summed E-state index contributed by atoms with van der Waals surface area (Å²) in [4.78, 5) is 118. The number of aliphatic hydroxyl groups excluding tert-OH is 1. The number of rotatable bonds is 21. The highest BCUT2D eigenvalue weighted by atomic mass is 16.5. The van der Waals surface area contributed by atoms with E-state index >= 15 is 0 Å². The molecule has 0 aliphatic carbocycles. The first-order valence-corrected chi connectivity index (χ1v) is 47.5. The lowest BCUT2D eigenvalue weighted by Crippen LogP contribution is -2.49. The number of aromatic hydroxyl groups is 2. The van der Waals surface area contributed by atoms with Crippen LogP contribution in [0.15, 0.2) is 203 Å². The number of hydrogen-bond acceptors (Lipinski definition) is 28. The first kappa shape index (κ1) is 93.8. The second kappa shape index (κ2) is 43.6. The molecule has 14 heterocycles. The summed E-state index contributed by atoms with van der Waals surface area (Å²) in [5.74, 6) is 4.71. The van der Waals surface area contributed by atoms with Gasteiger partial charge in [0.2, 0.25) is 23.6 Å². The van der Waals surface area contributed by atoms with Crippen molar-refractivity contribution in [1.82, 2.24) is 79.6 Å². The van der Waals surface area contributed by atoms with Crippen LogP contribution in [0, 0.1) is 5.92 Å². The number of nitrogens with zero attached hydrogens (tertiary/aromatic N) is 22. The fraction of sp³-hybridized carbons (Fsp3) is 0.394. The number of ether oxygens (including phenoxy) is 2. The molecule has 3 unspecified atom stereocenters. The van der Waals surface area contributed by atoms with Crippen LogP contribution in [0.3, 0.4) is 0 Å². The number of benzene rings is 6. The average Bonchev–Trinajstić information content (AvgIpc) is 0.763. The lowest BCUT2D eigenvalue weighted by Gasteiger charge is -2.38. The molecule has 11 aromatic rings. The summed E-state index contributed by atoms with van der Waals surface area (Å²) >= 11 is 0. The summed E-state index contributed by atoms with van der Waals surface area (Å²) in [5.41, 5.74) is 12.9. The molecule has 0 spiro atoms. The van der Waals surface area contributed by atoms with Crippen molar-refractivity contribution in [3.63, 3.8) is 0 Å². The molecule has 9 aliphatic heterocycles. The minimum Gasteiger partial charge on any atom is -0.508 e. The van der Waals surface area contributed by atoms with Crippen molar-refractivity contribution < 1.29 is 44.0 Å². The van der Waals surface area contributed by atoms with Crippen molar-refractivity contribution >= 4 is 96.3 Å². The van der Waals surface area contributed by atoms with E-state index in [1.54, 1.807) is 18.7 Å². The van der Waals surface area contributed by atoms with E-state index in [0.717, 1.165) is 211 Å². The Labute approximate surface area is 794 Å². The monoisotopic (exact) mass is 1840 g/mol. The molecule has 708 valence electrons. The van der Waals surface area contributed by atoms with E-state index < -0.39 is 0 Å². The van der Waals surface area contributed by atoms with Crippen molar-refractivity contribution in [3.8, 4) is 23.5 Å². The van der Waals surface area contributed by atoms with Gasteiger partial charge in [-0.05, 0) is 119 Å². The number of phenolic OH excluding ortho intramolecular Hbond substituents is 2. The number of pyridine rings is 1. The highest BCUT2D eigenvalue weighted by Crippen LogP contribution is 2.42. The summed E-state index contributed by atoms with van der Waals surface area (Å²) in [7, 11) is 4.05. The molecule has 4 N–H and O–H groups in total. The van der Waals surface area contributed by atoms with Crippen molar-refractivity contribution in [2.24, 2.45) is 5.92 Å². The second-order valence-corrected chi connectivity index (χ2v) is 36.0. The van der Waals surface area contributed by atoms with E-state index in [0.29, 0.717) is 129 Å². The predicted octanol–water partition coefficient (Wildman–Crippen LogP) is 10.00. The molecular weight excluding hydrogens is 1720 g/mol. The van der Waals surface area contributed by atoms with Crippen molar-refractivity contribution in [1.29, 1.82) is 0 Å². The van der Waals surface area contributed by atoms with E-state index in [9.17, 15) is 34.5 Å². The van der Waals surface area contributed by atoms with Gasteiger partial charge >= 0.3 is 12.0 Å². The van der Waals surface area contributed by atoms with Gasteiger partial charge in [0.15, 0.2) is 0 Å². The third-order valence-corrected chi connectivity index (χ3v) is 27.4. The Kier molecular flexibility index (Phi) is 30.1. The number of piperidine rings is 1. The number of amides is 4.